The molecule has 108 valence electrons. The largest absolute Gasteiger partial charge is 0.398 e. The van der Waals surface area contributed by atoms with E-state index in [0.717, 1.165) is 37.7 Å². The highest BCUT2D eigenvalue weighted by molar-refractivity contribution is 5.59. The zero-order valence-electron chi connectivity index (χ0n) is 12.5. The highest BCUT2D eigenvalue weighted by Crippen LogP contribution is 2.23. The van der Waals surface area contributed by atoms with Gasteiger partial charge in [0.05, 0.1) is 12.5 Å². The van der Waals surface area contributed by atoms with Crippen molar-refractivity contribution in [3.05, 3.63) is 23.8 Å². The van der Waals surface area contributed by atoms with E-state index < -0.39 is 0 Å². The van der Waals surface area contributed by atoms with Gasteiger partial charge < -0.3 is 10.6 Å². The van der Waals surface area contributed by atoms with E-state index in [1.807, 2.05) is 6.07 Å². The van der Waals surface area contributed by atoms with Crippen molar-refractivity contribution in [3.63, 3.8) is 0 Å². The van der Waals surface area contributed by atoms with E-state index in [1.54, 1.807) is 0 Å². The Labute approximate surface area is 121 Å². The van der Waals surface area contributed by atoms with Gasteiger partial charge in [-0.25, -0.2) is 0 Å². The van der Waals surface area contributed by atoms with Gasteiger partial charge >= 0.3 is 0 Å². The van der Waals surface area contributed by atoms with Crippen molar-refractivity contribution in [2.45, 2.75) is 20.3 Å². The summed E-state index contributed by atoms with van der Waals surface area (Å²) < 4.78 is 0. The molecule has 1 aromatic rings. The fourth-order valence-electron chi connectivity index (χ4n) is 2.73. The summed E-state index contributed by atoms with van der Waals surface area (Å²) in [5, 5.41) is 8.84. The molecular formula is C16H24N4. The van der Waals surface area contributed by atoms with Crippen LogP contribution < -0.4 is 10.6 Å². The van der Waals surface area contributed by atoms with Crippen molar-refractivity contribution < 1.29 is 0 Å². The fourth-order valence-corrected chi connectivity index (χ4v) is 2.73. The molecule has 0 aromatic heterocycles. The van der Waals surface area contributed by atoms with Gasteiger partial charge in [-0.05, 0) is 29.7 Å². The van der Waals surface area contributed by atoms with E-state index in [0.29, 0.717) is 12.1 Å². The van der Waals surface area contributed by atoms with E-state index in [-0.39, 0.29) is 0 Å². The van der Waals surface area contributed by atoms with E-state index >= 15 is 0 Å². The quantitative estimate of drug-likeness (QED) is 0.853. The van der Waals surface area contributed by atoms with Crippen molar-refractivity contribution >= 4 is 11.4 Å². The van der Waals surface area contributed by atoms with Crippen LogP contribution in [0.4, 0.5) is 11.4 Å². The van der Waals surface area contributed by atoms with Gasteiger partial charge in [0.1, 0.15) is 0 Å². The molecule has 20 heavy (non-hydrogen) atoms. The maximum Gasteiger partial charge on any atom is 0.0670 e. The first-order valence-corrected chi connectivity index (χ1v) is 7.33. The third kappa shape index (κ3) is 3.64. The maximum atomic E-state index is 8.84. The number of nitrogens with two attached hydrogens (primary N) is 1. The number of rotatable bonds is 4. The van der Waals surface area contributed by atoms with Crippen molar-refractivity contribution in [2.75, 3.05) is 43.4 Å². The molecule has 1 aromatic carbocycles. The summed E-state index contributed by atoms with van der Waals surface area (Å²) in [6.45, 7) is 10.0. The molecule has 1 aliphatic heterocycles. The zero-order valence-corrected chi connectivity index (χ0v) is 12.5. The Bertz CT molecular complexity index is 482. The standard InChI is InChI=1S/C16H24N4/c1-13(2)12-19-7-9-20(10-8-19)15-3-4-16(18)14(11-15)5-6-17/h3-4,11,13H,5,7-10,12,18H2,1-2H3. The molecule has 1 saturated heterocycles. The van der Waals surface area contributed by atoms with Crippen LogP contribution in [0.3, 0.4) is 0 Å². The minimum atomic E-state index is 0.382. The normalized spacial score (nSPS) is 16.4. The first kappa shape index (κ1) is 14.7. The van der Waals surface area contributed by atoms with Gasteiger partial charge in [0, 0.05) is 44.1 Å². The minimum Gasteiger partial charge on any atom is -0.398 e. The lowest BCUT2D eigenvalue weighted by molar-refractivity contribution is 0.231. The molecule has 2 rings (SSSR count). The highest BCUT2D eigenvalue weighted by Gasteiger charge is 2.18. The average molecular weight is 272 g/mol. The van der Waals surface area contributed by atoms with Crippen molar-refractivity contribution in [1.29, 1.82) is 5.26 Å². The summed E-state index contributed by atoms with van der Waals surface area (Å²) in [6, 6.07) is 8.23. The smallest absolute Gasteiger partial charge is 0.0670 e. The lowest BCUT2D eigenvalue weighted by Gasteiger charge is -2.37. The number of hydrogen-bond donors (Lipinski definition) is 1. The van der Waals surface area contributed by atoms with Crippen LogP contribution in [0.15, 0.2) is 18.2 Å². The summed E-state index contributed by atoms with van der Waals surface area (Å²) in [7, 11) is 0. The van der Waals surface area contributed by atoms with Crippen molar-refractivity contribution in [1.82, 2.24) is 4.90 Å². The first-order valence-electron chi connectivity index (χ1n) is 7.33. The number of benzene rings is 1. The SMILES string of the molecule is CC(C)CN1CCN(c2ccc(N)c(CC#N)c2)CC1. The van der Waals surface area contributed by atoms with Gasteiger partial charge in [-0.2, -0.15) is 5.26 Å². The number of nitrogens with zero attached hydrogens (tertiary/aromatic N) is 3. The fraction of sp³-hybridized carbons (Fsp3) is 0.562. The van der Waals surface area contributed by atoms with Gasteiger partial charge in [0.25, 0.3) is 0 Å². The number of nitrogen functional groups attached to an aromatic ring is 1. The molecule has 1 fully saturated rings. The molecule has 4 heteroatoms. The summed E-state index contributed by atoms with van der Waals surface area (Å²) in [5.41, 5.74) is 8.75. The molecular weight excluding hydrogens is 248 g/mol. The van der Waals surface area contributed by atoms with Crippen LogP contribution in [0.5, 0.6) is 0 Å². The molecule has 2 N–H and O–H groups in total. The Balaban J connectivity index is 2.00. The Morgan fingerprint density at radius 2 is 1.95 bits per heavy atom. The van der Waals surface area contributed by atoms with E-state index in [9.17, 15) is 0 Å². The Morgan fingerprint density at radius 1 is 1.25 bits per heavy atom. The van der Waals surface area contributed by atoms with Crippen LogP contribution in [0.2, 0.25) is 0 Å². The number of hydrogen-bond acceptors (Lipinski definition) is 4. The Morgan fingerprint density at radius 3 is 2.55 bits per heavy atom. The van der Waals surface area contributed by atoms with Crippen LogP contribution in [-0.2, 0) is 6.42 Å². The molecule has 0 unspecified atom stereocenters. The molecule has 0 atom stereocenters. The van der Waals surface area contributed by atoms with Crippen molar-refractivity contribution in [3.8, 4) is 6.07 Å². The third-order valence-electron chi connectivity index (χ3n) is 3.76. The van der Waals surface area contributed by atoms with Gasteiger partial charge in [0.2, 0.25) is 0 Å². The molecule has 0 saturated carbocycles. The number of anilines is 2. The van der Waals surface area contributed by atoms with Crippen LogP contribution >= 0.6 is 0 Å². The summed E-state index contributed by atoms with van der Waals surface area (Å²) >= 11 is 0. The number of piperazine rings is 1. The van der Waals surface area contributed by atoms with E-state index in [2.05, 4.69) is 41.8 Å². The van der Waals surface area contributed by atoms with Gasteiger partial charge in [-0.1, -0.05) is 13.8 Å². The second-order valence-corrected chi connectivity index (χ2v) is 5.90. The summed E-state index contributed by atoms with van der Waals surface area (Å²) in [4.78, 5) is 4.91. The Kier molecular flexibility index (Phi) is 4.86. The third-order valence-corrected chi connectivity index (χ3v) is 3.76. The molecule has 0 aliphatic carbocycles. The highest BCUT2D eigenvalue weighted by atomic mass is 15.3. The molecule has 0 spiro atoms. The molecule has 0 radical (unpaired) electrons. The average Bonchev–Trinajstić information content (AvgIpc) is 2.42. The van der Waals surface area contributed by atoms with Gasteiger partial charge in [-0.15, -0.1) is 0 Å². The number of nitriles is 1. The van der Waals surface area contributed by atoms with Crippen LogP contribution in [-0.4, -0.2) is 37.6 Å². The van der Waals surface area contributed by atoms with Crippen LogP contribution in [0.25, 0.3) is 0 Å². The summed E-state index contributed by atoms with van der Waals surface area (Å²) in [6.07, 6.45) is 0.382. The second kappa shape index (κ2) is 6.62. The van der Waals surface area contributed by atoms with Crippen LogP contribution in [0, 0.1) is 17.2 Å². The minimum absolute atomic E-state index is 0.382. The molecule has 4 nitrogen and oxygen atoms in total. The molecule has 1 aliphatic rings. The predicted molar refractivity (Wildman–Crippen MR) is 83.7 cm³/mol. The predicted octanol–water partition coefficient (Wildman–Crippen LogP) is 2.11. The molecule has 0 bridgehead atoms. The Hall–Kier alpha value is -1.73. The molecule has 0 amide bonds. The maximum absolute atomic E-state index is 8.84. The molecule has 1 heterocycles. The van der Waals surface area contributed by atoms with Crippen LogP contribution in [0.1, 0.15) is 19.4 Å². The second-order valence-electron chi connectivity index (χ2n) is 5.90. The summed E-state index contributed by atoms with van der Waals surface area (Å²) in [5.74, 6) is 0.723. The van der Waals surface area contributed by atoms with E-state index in [1.165, 1.54) is 12.2 Å². The lowest BCUT2D eigenvalue weighted by atomic mass is 10.1. The topological polar surface area (TPSA) is 56.3 Å². The zero-order chi connectivity index (χ0) is 14.5. The van der Waals surface area contributed by atoms with E-state index in [4.69, 9.17) is 11.0 Å². The van der Waals surface area contributed by atoms with Gasteiger partial charge in [0.15, 0.2) is 0 Å². The van der Waals surface area contributed by atoms with Crippen molar-refractivity contribution in [2.24, 2.45) is 5.92 Å². The first-order chi connectivity index (χ1) is 9.60. The lowest BCUT2D eigenvalue weighted by Crippen LogP contribution is -2.47. The van der Waals surface area contributed by atoms with Gasteiger partial charge in [-0.3, -0.25) is 4.90 Å². The monoisotopic (exact) mass is 272 g/mol.